The molecule has 3 heteroatoms. The van der Waals surface area contributed by atoms with E-state index in [2.05, 4.69) is 38.4 Å². The molecule has 0 spiro atoms. The van der Waals surface area contributed by atoms with Crippen molar-refractivity contribution in [2.75, 3.05) is 0 Å². The summed E-state index contributed by atoms with van der Waals surface area (Å²) in [6, 6.07) is 3.73. The fraction of sp³-hybridized carbons (Fsp3) is 0. The van der Waals surface area contributed by atoms with E-state index in [-0.39, 0.29) is 0 Å². The lowest BCUT2D eigenvalue weighted by Gasteiger charge is -2.02. The third-order valence-electron chi connectivity index (χ3n) is 1.28. The van der Waals surface area contributed by atoms with Crippen molar-refractivity contribution in [1.29, 1.82) is 0 Å². The van der Waals surface area contributed by atoms with E-state index in [1.54, 1.807) is 6.08 Å². The first kappa shape index (κ1) is 9.30. The summed E-state index contributed by atoms with van der Waals surface area (Å²) in [6.07, 6.45) is 1.77. The Kier molecular flexibility index (Phi) is 3.16. The Morgan fingerprint density at radius 2 is 1.91 bits per heavy atom. The van der Waals surface area contributed by atoms with E-state index >= 15 is 0 Å². The van der Waals surface area contributed by atoms with Crippen molar-refractivity contribution >= 4 is 49.5 Å². The molecule has 0 radical (unpaired) electrons. The van der Waals surface area contributed by atoms with Crippen LogP contribution in [-0.2, 0) is 0 Å². The zero-order valence-electron chi connectivity index (χ0n) is 5.57. The van der Waals surface area contributed by atoms with E-state index in [1.165, 1.54) is 0 Å². The fourth-order valence-corrected chi connectivity index (χ4v) is 1.84. The van der Waals surface area contributed by atoms with Crippen LogP contribution in [0.25, 0.3) is 6.08 Å². The predicted molar refractivity (Wildman–Crippen MR) is 56.9 cm³/mol. The average molecular weight is 296 g/mol. The maximum absolute atomic E-state index is 5.83. The Balaban J connectivity index is 3.36. The first-order valence-electron chi connectivity index (χ1n) is 2.92. The molecule has 0 N–H and O–H groups in total. The Hall–Kier alpha value is 0.210. The quantitative estimate of drug-likeness (QED) is 0.669. The molecule has 1 aromatic carbocycles. The van der Waals surface area contributed by atoms with Crippen LogP contribution in [0.3, 0.4) is 0 Å². The van der Waals surface area contributed by atoms with Gasteiger partial charge in [-0.1, -0.05) is 30.3 Å². The lowest BCUT2D eigenvalue weighted by atomic mass is 10.2. The summed E-state index contributed by atoms with van der Waals surface area (Å²) in [5.41, 5.74) is 1.03. The van der Waals surface area contributed by atoms with Crippen LogP contribution in [-0.4, -0.2) is 0 Å². The molecule has 0 unspecified atom stereocenters. The summed E-state index contributed by atoms with van der Waals surface area (Å²) in [7, 11) is 0. The maximum Gasteiger partial charge on any atom is 0.0559 e. The number of benzene rings is 1. The molecule has 0 heterocycles. The highest BCUT2D eigenvalue weighted by atomic mass is 79.9. The Morgan fingerprint density at radius 1 is 1.27 bits per heavy atom. The summed E-state index contributed by atoms with van der Waals surface area (Å²) in [5.74, 6) is 0. The van der Waals surface area contributed by atoms with Gasteiger partial charge in [-0.15, -0.1) is 0 Å². The molecule has 0 saturated carbocycles. The zero-order valence-corrected chi connectivity index (χ0v) is 9.50. The van der Waals surface area contributed by atoms with Gasteiger partial charge in [0.25, 0.3) is 0 Å². The molecule has 0 fully saturated rings. The van der Waals surface area contributed by atoms with Crippen molar-refractivity contribution < 1.29 is 0 Å². The highest BCUT2D eigenvalue weighted by molar-refractivity contribution is 9.13. The van der Waals surface area contributed by atoms with Gasteiger partial charge in [0.1, 0.15) is 0 Å². The van der Waals surface area contributed by atoms with Gasteiger partial charge in [0.2, 0.25) is 0 Å². The molecule has 11 heavy (non-hydrogen) atoms. The molecular weight excluding hydrogens is 291 g/mol. The fourth-order valence-electron chi connectivity index (χ4n) is 0.698. The highest BCUT2D eigenvalue weighted by Gasteiger charge is 2.04. The lowest BCUT2D eigenvalue weighted by molar-refractivity contribution is 1.55. The number of hydrogen-bond acceptors (Lipinski definition) is 0. The summed E-state index contributed by atoms with van der Waals surface area (Å²) in [6.45, 7) is 3.67. The van der Waals surface area contributed by atoms with E-state index in [0.717, 1.165) is 14.5 Å². The van der Waals surface area contributed by atoms with Crippen LogP contribution in [0.15, 0.2) is 27.7 Å². The molecule has 0 bridgehead atoms. The van der Waals surface area contributed by atoms with Crippen molar-refractivity contribution in [1.82, 2.24) is 0 Å². The van der Waals surface area contributed by atoms with Crippen molar-refractivity contribution in [3.63, 3.8) is 0 Å². The van der Waals surface area contributed by atoms with Crippen LogP contribution in [0, 0.1) is 0 Å². The molecule has 58 valence electrons. The highest BCUT2D eigenvalue weighted by Crippen LogP contribution is 2.33. The summed E-state index contributed by atoms with van der Waals surface area (Å²) >= 11 is 12.6. The van der Waals surface area contributed by atoms with Crippen molar-refractivity contribution in [2.24, 2.45) is 0 Å². The van der Waals surface area contributed by atoms with Crippen LogP contribution in [0.4, 0.5) is 0 Å². The summed E-state index contributed by atoms with van der Waals surface area (Å²) < 4.78 is 1.82. The van der Waals surface area contributed by atoms with E-state index in [9.17, 15) is 0 Å². The smallest absolute Gasteiger partial charge is 0.0559 e. The van der Waals surface area contributed by atoms with Gasteiger partial charge in [-0.05, 0) is 43.5 Å². The Labute approximate surface area is 87.5 Å². The molecule has 1 aromatic rings. The second-order valence-corrected chi connectivity index (χ2v) is 3.96. The van der Waals surface area contributed by atoms with Gasteiger partial charge in [-0.2, -0.15) is 0 Å². The van der Waals surface area contributed by atoms with Crippen molar-refractivity contribution in [3.8, 4) is 0 Å². The molecule has 1 rings (SSSR count). The topological polar surface area (TPSA) is 0 Å². The first-order chi connectivity index (χ1) is 5.16. The minimum atomic E-state index is 0.697. The van der Waals surface area contributed by atoms with Crippen molar-refractivity contribution in [3.05, 3.63) is 38.2 Å². The zero-order chi connectivity index (χ0) is 8.43. The summed E-state index contributed by atoms with van der Waals surface area (Å²) in [4.78, 5) is 0. The van der Waals surface area contributed by atoms with Gasteiger partial charge in [-0.3, -0.25) is 0 Å². The van der Waals surface area contributed by atoms with Gasteiger partial charge in [0.15, 0.2) is 0 Å². The summed E-state index contributed by atoms with van der Waals surface area (Å²) in [5, 5.41) is 0.697. The van der Waals surface area contributed by atoms with Crippen molar-refractivity contribution in [2.45, 2.75) is 0 Å². The lowest BCUT2D eigenvalue weighted by Crippen LogP contribution is -1.77. The van der Waals surface area contributed by atoms with Gasteiger partial charge < -0.3 is 0 Å². The third-order valence-corrected chi connectivity index (χ3v) is 4.04. The molecule has 0 saturated heterocycles. The van der Waals surface area contributed by atoms with Crippen LogP contribution in [0.2, 0.25) is 5.02 Å². The maximum atomic E-state index is 5.83. The SMILES string of the molecule is C=Cc1ccc(Cl)c(Br)c1Br. The molecule has 0 aliphatic rings. The van der Waals surface area contributed by atoms with Gasteiger partial charge in [0.05, 0.1) is 9.50 Å². The van der Waals surface area contributed by atoms with Crippen LogP contribution in [0.5, 0.6) is 0 Å². The normalized spacial score (nSPS) is 9.73. The van der Waals surface area contributed by atoms with Crippen LogP contribution >= 0.6 is 43.5 Å². The number of rotatable bonds is 1. The Bertz CT molecular complexity index is 294. The molecule has 0 aromatic heterocycles. The number of hydrogen-bond donors (Lipinski definition) is 0. The minimum Gasteiger partial charge on any atom is -0.0984 e. The van der Waals surface area contributed by atoms with Gasteiger partial charge in [0, 0.05) is 4.47 Å². The molecule has 0 amide bonds. The molecular formula is C8H5Br2Cl. The second-order valence-electron chi connectivity index (χ2n) is 1.97. The average Bonchev–Trinajstić information content (AvgIpc) is 2.01. The predicted octanol–water partition coefficient (Wildman–Crippen LogP) is 4.51. The van der Waals surface area contributed by atoms with Crippen LogP contribution < -0.4 is 0 Å². The second kappa shape index (κ2) is 3.74. The molecule has 0 aliphatic carbocycles. The molecule has 0 atom stereocenters. The van der Waals surface area contributed by atoms with Gasteiger partial charge >= 0.3 is 0 Å². The molecule has 0 nitrogen and oxygen atoms in total. The Morgan fingerprint density at radius 3 is 2.45 bits per heavy atom. The van der Waals surface area contributed by atoms with Crippen LogP contribution in [0.1, 0.15) is 5.56 Å². The molecule has 0 aliphatic heterocycles. The van der Waals surface area contributed by atoms with E-state index in [1.807, 2.05) is 12.1 Å². The number of halogens is 3. The van der Waals surface area contributed by atoms with E-state index < -0.39 is 0 Å². The third kappa shape index (κ3) is 1.86. The minimum absolute atomic E-state index is 0.697. The van der Waals surface area contributed by atoms with E-state index in [4.69, 9.17) is 11.6 Å². The van der Waals surface area contributed by atoms with E-state index in [0.29, 0.717) is 5.02 Å². The first-order valence-corrected chi connectivity index (χ1v) is 4.89. The largest absolute Gasteiger partial charge is 0.0984 e. The monoisotopic (exact) mass is 294 g/mol. The van der Waals surface area contributed by atoms with Gasteiger partial charge in [-0.25, -0.2) is 0 Å². The standard InChI is InChI=1S/C8H5Br2Cl/c1-2-5-3-4-6(11)8(10)7(5)9/h2-4H,1H2.